The Bertz CT molecular complexity index is 677. The lowest BCUT2D eigenvalue weighted by Crippen LogP contribution is -2.25. The number of pyridine rings is 1. The highest BCUT2D eigenvalue weighted by atomic mass is 19.4. The van der Waals surface area contributed by atoms with E-state index in [9.17, 15) is 13.2 Å². The Hall–Kier alpha value is -2.58. The number of ether oxygens (including phenoxy) is 2. The Labute approximate surface area is 136 Å². The van der Waals surface area contributed by atoms with Crippen molar-refractivity contribution >= 4 is 5.82 Å². The third kappa shape index (κ3) is 3.66. The lowest BCUT2D eigenvalue weighted by molar-refractivity contribution is -0.137. The van der Waals surface area contributed by atoms with Gasteiger partial charge in [0.15, 0.2) is 5.75 Å². The van der Waals surface area contributed by atoms with Crippen LogP contribution in [0, 0.1) is 0 Å². The van der Waals surface area contributed by atoms with Gasteiger partial charge in [0.2, 0.25) is 0 Å². The van der Waals surface area contributed by atoms with Gasteiger partial charge >= 0.3 is 12.2 Å². The van der Waals surface area contributed by atoms with E-state index >= 15 is 0 Å². The van der Waals surface area contributed by atoms with E-state index in [1.165, 1.54) is 25.6 Å². The molecule has 1 saturated heterocycles. The first-order valence-electron chi connectivity index (χ1n) is 7.26. The summed E-state index contributed by atoms with van der Waals surface area (Å²) in [6.45, 7) is 1.15. The molecule has 2 aromatic rings. The number of aromatic nitrogens is 3. The maximum Gasteiger partial charge on any atom is 0.417 e. The summed E-state index contributed by atoms with van der Waals surface area (Å²) in [7, 11) is 1.52. The van der Waals surface area contributed by atoms with Crippen molar-refractivity contribution < 1.29 is 22.6 Å². The summed E-state index contributed by atoms with van der Waals surface area (Å²) in [5.41, 5.74) is -0.759. The number of hydrogen-bond donors (Lipinski definition) is 0. The summed E-state index contributed by atoms with van der Waals surface area (Å²) < 4.78 is 48.3. The summed E-state index contributed by atoms with van der Waals surface area (Å²) >= 11 is 0. The van der Waals surface area contributed by atoms with Gasteiger partial charge in [-0.25, -0.2) is 4.98 Å². The second-order valence-corrected chi connectivity index (χ2v) is 5.28. The van der Waals surface area contributed by atoms with Crippen molar-refractivity contribution in [3.05, 3.63) is 36.3 Å². The fourth-order valence-corrected chi connectivity index (χ4v) is 2.39. The minimum Gasteiger partial charge on any atom is -0.494 e. The van der Waals surface area contributed by atoms with Crippen molar-refractivity contribution in [3.63, 3.8) is 0 Å². The molecule has 128 valence electrons. The largest absolute Gasteiger partial charge is 0.494 e. The van der Waals surface area contributed by atoms with E-state index in [2.05, 4.69) is 15.0 Å². The monoisotopic (exact) mass is 340 g/mol. The standard InChI is InChI=1S/C15H15F3N4O2/c1-23-12-7-20-14(21-8-12)24-11-4-5-22(9-11)13-3-2-10(6-19-13)15(16,17)18/h2-3,6-8,11H,4-5,9H2,1H3. The quantitative estimate of drug-likeness (QED) is 0.852. The van der Waals surface area contributed by atoms with Crippen LogP contribution in [-0.4, -0.2) is 41.3 Å². The molecule has 24 heavy (non-hydrogen) atoms. The fourth-order valence-electron chi connectivity index (χ4n) is 2.39. The first-order chi connectivity index (χ1) is 11.5. The van der Waals surface area contributed by atoms with Gasteiger partial charge in [-0.15, -0.1) is 0 Å². The van der Waals surface area contributed by atoms with Gasteiger partial charge in [-0.2, -0.15) is 23.1 Å². The number of halogens is 3. The number of hydrogen-bond acceptors (Lipinski definition) is 6. The fraction of sp³-hybridized carbons (Fsp3) is 0.400. The molecule has 2 aromatic heterocycles. The minimum atomic E-state index is -4.38. The molecule has 0 amide bonds. The summed E-state index contributed by atoms with van der Waals surface area (Å²) in [4.78, 5) is 13.8. The van der Waals surface area contributed by atoms with Crippen molar-refractivity contribution in [2.24, 2.45) is 0 Å². The smallest absolute Gasteiger partial charge is 0.417 e. The van der Waals surface area contributed by atoms with Crippen LogP contribution in [0.3, 0.4) is 0 Å². The molecule has 1 fully saturated rings. The average molecular weight is 340 g/mol. The number of rotatable bonds is 4. The van der Waals surface area contributed by atoms with Crippen LogP contribution in [0.15, 0.2) is 30.7 Å². The van der Waals surface area contributed by atoms with Gasteiger partial charge in [0.1, 0.15) is 11.9 Å². The summed E-state index contributed by atoms with van der Waals surface area (Å²) in [6.07, 6.45) is 0.0311. The van der Waals surface area contributed by atoms with E-state index < -0.39 is 11.7 Å². The average Bonchev–Trinajstić information content (AvgIpc) is 3.03. The van der Waals surface area contributed by atoms with Gasteiger partial charge in [-0.05, 0) is 12.1 Å². The van der Waals surface area contributed by atoms with Gasteiger partial charge < -0.3 is 14.4 Å². The Balaban J connectivity index is 1.60. The molecule has 0 saturated carbocycles. The lowest BCUT2D eigenvalue weighted by Gasteiger charge is -2.18. The van der Waals surface area contributed by atoms with Crippen LogP contribution >= 0.6 is 0 Å². The van der Waals surface area contributed by atoms with E-state index in [4.69, 9.17) is 9.47 Å². The van der Waals surface area contributed by atoms with Gasteiger partial charge in [0.05, 0.1) is 31.6 Å². The van der Waals surface area contributed by atoms with Crippen molar-refractivity contribution in [3.8, 4) is 11.8 Å². The second-order valence-electron chi connectivity index (χ2n) is 5.28. The van der Waals surface area contributed by atoms with Gasteiger partial charge in [0.25, 0.3) is 0 Å². The summed E-state index contributed by atoms with van der Waals surface area (Å²) in [6, 6.07) is 2.64. The molecule has 3 heterocycles. The molecule has 1 aliphatic rings. The molecule has 0 aliphatic carbocycles. The van der Waals surface area contributed by atoms with Gasteiger partial charge in [-0.3, -0.25) is 0 Å². The first-order valence-corrected chi connectivity index (χ1v) is 7.26. The normalized spacial score (nSPS) is 17.8. The lowest BCUT2D eigenvalue weighted by atomic mass is 10.3. The number of anilines is 1. The van der Waals surface area contributed by atoms with Gasteiger partial charge in [0, 0.05) is 19.2 Å². The molecule has 9 heteroatoms. The molecule has 0 spiro atoms. The molecule has 0 radical (unpaired) electrons. The van der Waals surface area contributed by atoms with E-state index in [0.717, 1.165) is 12.3 Å². The Morgan fingerprint density at radius 1 is 1.12 bits per heavy atom. The zero-order valence-corrected chi connectivity index (χ0v) is 12.8. The molecule has 0 bridgehead atoms. The van der Waals surface area contributed by atoms with Crippen molar-refractivity contribution in [2.75, 3.05) is 25.1 Å². The second kappa shape index (κ2) is 6.50. The summed E-state index contributed by atoms with van der Waals surface area (Å²) in [5.74, 6) is 1.02. The topological polar surface area (TPSA) is 60.4 Å². The molecule has 3 rings (SSSR count). The molecule has 6 nitrogen and oxygen atoms in total. The summed E-state index contributed by atoms with van der Waals surface area (Å²) in [5, 5.41) is 0. The van der Waals surface area contributed by atoms with E-state index in [1.807, 2.05) is 4.90 Å². The predicted molar refractivity (Wildman–Crippen MR) is 79.1 cm³/mol. The van der Waals surface area contributed by atoms with Crippen LogP contribution < -0.4 is 14.4 Å². The highest BCUT2D eigenvalue weighted by molar-refractivity contribution is 5.41. The third-order valence-electron chi connectivity index (χ3n) is 3.66. The maximum atomic E-state index is 12.6. The Kier molecular flexibility index (Phi) is 4.41. The molecular weight excluding hydrogens is 325 g/mol. The van der Waals surface area contributed by atoms with Crippen molar-refractivity contribution in [1.29, 1.82) is 0 Å². The zero-order chi connectivity index (χ0) is 17.2. The Morgan fingerprint density at radius 2 is 1.88 bits per heavy atom. The molecule has 0 N–H and O–H groups in total. The highest BCUT2D eigenvalue weighted by Crippen LogP contribution is 2.30. The van der Waals surface area contributed by atoms with E-state index in [1.54, 1.807) is 0 Å². The van der Waals surface area contributed by atoms with Crippen LogP contribution in [-0.2, 0) is 6.18 Å². The molecule has 1 unspecified atom stereocenters. The molecular formula is C15H15F3N4O2. The molecule has 1 atom stereocenters. The first kappa shape index (κ1) is 16.3. The highest BCUT2D eigenvalue weighted by Gasteiger charge is 2.31. The number of nitrogens with zero attached hydrogens (tertiary/aromatic N) is 4. The van der Waals surface area contributed by atoms with Gasteiger partial charge in [-0.1, -0.05) is 0 Å². The van der Waals surface area contributed by atoms with Crippen molar-refractivity contribution in [1.82, 2.24) is 15.0 Å². The minimum absolute atomic E-state index is 0.150. The Morgan fingerprint density at radius 3 is 2.46 bits per heavy atom. The van der Waals surface area contributed by atoms with E-state index in [0.29, 0.717) is 31.1 Å². The van der Waals surface area contributed by atoms with Crippen LogP contribution in [0.25, 0.3) is 0 Å². The van der Waals surface area contributed by atoms with Crippen LogP contribution in [0.5, 0.6) is 11.8 Å². The van der Waals surface area contributed by atoms with Crippen LogP contribution in [0.4, 0.5) is 19.0 Å². The number of methoxy groups -OCH3 is 1. The maximum absolute atomic E-state index is 12.6. The van der Waals surface area contributed by atoms with Crippen LogP contribution in [0.2, 0.25) is 0 Å². The third-order valence-corrected chi connectivity index (χ3v) is 3.66. The van der Waals surface area contributed by atoms with Crippen LogP contribution in [0.1, 0.15) is 12.0 Å². The van der Waals surface area contributed by atoms with Crippen molar-refractivity contribution in [2.45, 2.75) is 18.7 Å². The zero-order valence-electron chi connectivity index (χ0n) is 12.8. The SMILES string of the molecule is COc1cnc(OC2CCN(c3ccc(C(F)(F)F)cn3)C2)nc1. The van der Waals surface area contributed by atoms with E-state index in [-0.39, 0.29) is 12.1 Å². The molecule has 1 aliphatic heterocycles. The predicted octanol–water partition coefficient (Wildman–Crippen LogP) is 2.56. The molecule has 0 aromatic carbocycles. The number of alkyl halides is 3.